The van der Waals surface area contributed by atoms with Crippen molar-refractivity contribution in [3.8, 4) is 0 Å². The maximum absolute atomic E-state index is 14.5. The molecule has 156 valence electrons. The van der Waals surface area contributed by atoms with E-state index in [-0.39, 0.29) is 18.8 Å². The van der Waals surface area contributed by atoms with Gasteiger partial charge >= 0.3 is 0 Å². The number of hydrogen-bond donors (Lipinski definition) is 0. The Morgan fingerprint density at radius 1 is 0.815 bits per heavy atom. The molecule has 0 aliphatic carbocycles. The van der Waals surface area contributed by atoms with Crippen LogP contribution in [-0.2, 0) is 9.47 Å². The third kappa shape index (κ3) is 6.46. The van der Waals surface area contributed by atoms with E-state index in [1.54, 1.807) is 20.8 Å². The third-order valence-electron chi connectivity index (χ3n) is 4.85. The summed E-state index contributed by atoms with van der Waals surface area (Å²) in [7, 11) is 0. The van der Waals surface area contributed by atoms with Gasteiger partial charge in [-0.1, -0.05) is 45.4 Å². The second-order valence-electron chi connectivity index (χ2n) is 6.88. The van der Waals surface area contributed by atoms with Crippen LogP contribution in [0.2, 0.25) is 0 Å². The number of rotatable bonds is 13. The number of benzene rings is 1. The standard InChI is InChI=1S/C21H32F4O2/c1-5-8-9-10-11-12-13-16(21(4,26-6-2)27-7-3)15-14-17(22)19(24)20(25)18(15)23/h14,16H,5-13H2,1-4H3. The summed E-state index contributed by atoms with van der Waals surface area (Å²) < 4.78 is 67.0. The Bertz CT molecular complexity index is 572. The molecule has 27 heavy (non-hydrogen) atoms. The van der Waals surface area contributed by atoms with E-state index >= 15 is 0 Å². The zero-order chi connectivity index (χ0) is 20.4. The Labute approximate surface area is 160 Å². The van der Waals surface area contributed by atoms with Gasteiger partial charge in [0, 0.05) is 24.7 Å². The van der Waals surface area contributed by atoms with Crippen molar-refractivity contribution in [3.05, 3.63) is 34.9 Å². The topological polar surface area (TPSA) is 18.5 Å². The van der Waals surface area contributed by atoms with E-state index in [9.17, 15) is 17.6 Å². The fourth-order valence-corrected chi connectivity index (χ4v) is 3.49. The molecule has 0 saturated heterocycles. The molecule has 0 aliphatic rings. The van der Waals surface area contributed by atoms with Crippen molar-refractivity contribution in [1.29, 1.82) is 0 Å². The zero-order valence-corrected chi connectivity index (χ0v) is 16.8. The number of halogens is 4. The Morgan fingerprint density at radius 3 is 1.93 bits per heavy atom. The molecule has 1 aromatic rings. The van der Waals surface area contributed by atoms with Gasteiger partial charge in [0.1, 0.15) is 0 Å². The van der Waals surface area contributed by atoms with Gasteiger partial charge in [-0.15, -0.1) is 0 Å². The summed E-state index contributed by atoms with van der Waals surface area (Å²) in [4.78, 5) is 0. The van der Waals surface area contributed by atoms with E-state index in [1.165, 1.54) is 0 Å². The molecule has 6 heteroatoms. The molecule has 1 aromatic carbocycles. The third-order valence-corrected chi connectivity index (χ3v) is 4.85. The molecular formula is C21H32F4O2. The highest BCUT2D eigenvalue weighted by molar-refractivity contribution is 5.27. The fourth-order valence-electron chi connectivity index (χ4n) is 3.49. The summed E-state index contributed by atoms with van der Waals surface area (Å²) in [6, 6.07) is 0.728. The van der Waals surface area contributed by atoms with E-state index in [0.29, 0.717) is 6.42 Å². The highest BCUT2D eigenvalue weighted by atomic mass is 19.2. The van der Waals surface area contributed by atoms with Gasteiger partial charge in [0.25, 0.3) is 0 Å². The van der Waals surface area contributed by atoms with Crippen LogP contribution in [0.5, 0.6) is 0 Å². The van der Waals surface area contributed by atoms with Crippen LogP contribution in [0.25, 0.3) is 0 Å². The fraction of sp³-hybridized carbons (Fsp3) is 0.714. The number of unbranched alkanes of at least 4 members (excludes halogenated alkanes) is 5. The van der Waals surface area contributed by atoms with Crippen molar-refractivity contribution in [1.82, 2.24) is 0 Å². The first-order valence-corrected chi connectivity index (χ1v) is 9.93. The van der Waals surface area contributed by atoms with Gasteiger partial charge in [-0.2, -0.15) is 0 Å². The summed E-state index contributed by atoms with van der Waals surface area (Å²) in [5, 5.41) is 0. The highest BCUT2D eigenvalue weighted by Crippen LogP contribution is 2.39. The molecule has 0 aromatic heterocycles. The van der Waals surface area contributed by atoms with Crippen LogP contribution in [0.15, 0.2) is 6.07 Å². The van der Waals surface area contributed by atoms with Crippen molar-refractivity contribution in [2.24, 2.45) is 0 Å². The Balaban J connectivity index is 3.14. The van der Waals surface area contributed by atoms with E-state index in [1.807, 2.05) is 0 Å². The maximum atomic E-state index is 14.5. The summed E-state index contributed by atoms with van der Waals surface area (Å²) >= 11 is 0. The molecule has 2 nitrogen and oxygen atoms in total. The molecule has 0 bridgehead atoms. The lowest BCUT2D eigenvalue weighted by Gasteiger charge is -2.37. The molecule has 1 rings (SSSR count). The molecule has 1 unspecified atom stereocenters. The molecule has 0 fully saturated rings. The van der Waals surface area contributed by atoms with Crippen molar-refractivity contribution >= 4 is 0 Å². The van der Waals surface area contributed by atoms with Gasteiger partial charge in [0.15, 0.2) is 29.1 Å². The lowest BCUT2D eigenvalue weighted by Crippen LogP contribution is -2.40. The van der Waals surface area contributed by atoms with Crippen LogP contribution < -0.4 is 0 Å². The molecule has 0 N–H and O–H groups in total. The highest BCUT2D eigenvalue weighted by Gasteiger charge is 2.39. The Kier molecular flexibility index (Phi) is 10.3. The summed E-state index contributed by atoms with van der Waals surface area (Å²) in [6.07, 6.45) is 6.50. The zero-order valence-electron chi connectivity index (χ0n) is 16.8. The van der Waals surface area contributed by atoms with Crippen molar-refractivity contribution < 1.29 is 27.0 Å². The second kappa shape index (κ2) is 11.6. The molecule has 0 radical (unpaired) electrons. The monoisotopic (exact) mass is 392 g/mol. The van der Waals surface area contributed by atoms with Gasteiger partial charge in [-0.3, -0.25) is 0 Å². The lowest BCUT2D eigenvalue weighted by atomic mass is 9.85. The minimum absolute atomic E-state index is 0.246. The Hall–Kier alpha value is -1.14. The average molecular weight is 392 g/mol. The second-order valence-corrected chi connectivity index (χ2v) is 6.88. The van der Waals surface area contributed by atoms with Crippen LogP contribution in [0, 0.1) is 23.3 Å². The van der Waals surface area contributed by atoms with Crippen molar-refractivity contribution in [2.45, 2.75) is 84.3 Å². The van der Waals surface area contributed by atoms with Crippen molar-refractivity contribution in [2.75, 3.05) is 13.2 Å². The van der Waals surface area contributed by atoms with Crippen LogP contribution in [0.4, 0.5) is 17.6 Å². The molecule has 0 spiro atoms. The van der Waals surface area contributed by atoms with Crippen LogP contribution in [0.3, 0.4) is 0 Å². The number of ether oxygens (including phenoxy) is 2. The largest absolute Gasteiger partial charge is 0.350 e. The number of hydrogen-bond acceptors (Lipinski definition) is 2. The summed E-state index contributed by atoms with van der Waals surface area (Å²) in [6.45, 7) is 7.88. The van der Waals surface area contributed by atoms with E-state index in [0.717, 1.165) is 44.6 Å². The smallest absolute Gasteiger partial charge is 0.197 e. The SMILES string of the molecule is CCCCCCCCC(c1cc(F)c(F)c(F)c1F)C(C)(OCC)OCC. The minimum Gasteiger partial charge on any atom is -0.350 e. The molecule has 0 saturated carbocycles. The van der Waals surface area contributed by atoms with Gasteiger partial charge in [0.2, 0.25) is 0 Å². The average Bonchev–Trinajstić information content (AvgIpc) is 2.63. The summed E-state index contributed by atoms with van der Waals surface area (Å²) in [5.74, 6) is -8.40. The molecule has 0 heterocycles. The van der Waals surface area contributed by atoms with Crippen LogP contribution >= 0.6 is 0 Å². The van der Waals surface area contributed by atoms with Gasteiger partial charge in [-0.25, -0.2) is 17.6 Å². The lowest BCUT2D eigenvalue weighted by molar-refractivity contribution is -0.236. The van der Waals surface area contributed by atoms with E-state index in [4.69, 9.17) is 9.47 Å². The van der Waals surface area contributed by atoms with E-state index in [2.05, 4.69) is 6.92 Å². The van der Waals surface area contributed by atoms with E-state index < -0.39 is 35.0 Å². The normalized spacial score (nSPS) is 13.2. The quantitative estimate of drug-likeness (QED) is 0.120. The first kappa shape index (κ1) is 23.9. The summed E-state index contributed by atoms with van der Waals surface area (Å²) in [5.41, 5.74) is -0.246. The minimum atomic E-state index is -1.80. The molecular weight excluding hydrogens is 360 g/mol. The van der Waals surface area contributed by atoms with Gasteiger partial charge < -0.3 is 9.47 Å². The first-order chi connectivity index (χ1) is 12.8. The van der Waals surface area contributed by atoms with Crippen LogP contribution in [0.1, 0.15) is 84.1 Å². The predicted molar refractivity (Wildman–Crippen MR) is 98.7 cm³/mol. The van der Waals surface area contributed by atoms with Gasteiger partial charge in [-0.05, 0) is 33.3 Å². The van der Waals surface area contributed by atoms with Gasteiger partial charge in [0.05, 0.1) is 0 Å². The first-order valence-electron chi connectivity index (χ1n) is 9.93. The molecule has 0 aliphatic heterocycles. The molecule has 1 atom stereocenters. The van der Waals surface area contributed by atoms with Crippen molar-refractivity contribution in [3.63, 3.8) is 0 Å². The maximum Gasteiger partial charge on any atom is 0.197 e. The predicted octanol–water partition coefficient (Wildman–Crippen LogP) is 6.87. The Morgan fingerprint density at radius 2 is 1.37 bits per heavy atom. The molecule has 0 amide bonds. The van der Waals surface area contributed by atoms with Crippen LogP contribution in [-0.4, -0.2) is 19.0 Å².